The lowest BCUT2D eigenvalue weighted by Crippen LogP contribution is -2.20. The van der Waals surface area contributed by atoms with Gasteiger partial charge in [-0.2, -0.15) is 0 Å². The van der Waals surface area contributed by atoms with E-state index in [1.54, 1.807) is 6.92 Å². The van der Waals surface area contributed by atoms with Crippen molar-refractivity contribution in [2.24, 2.45) is 11.7 Å². The molecule has 0 saturated carbocycles. The number of anilines is 1. The molecule has 1 aliphatic carbocycles. The molecule has 1 aliphatic rings. The minimum Gasteiger partial charge on any atom is -0.365 e. The Morgan fingerprint density at radius 2 is 2.17 bits per heavy atom. The smallest absolute Gasteiger partial charge is 0.261 e. The number of rotatable bonds is 4. The Kier molecular flexibility index (Phi) is 4.45. The Morgan fingerprint density at radius 1 is 1.42 bits per heavy atom. The molecule has 6 nitrogen and oxygen atoms in total. The van der Waals surface area contributed by atoms with Crippen molar-refractivity contribution in [2.75, 3.05) is 5.32 Å². The predicted octanol–water partition coefficient (Wildman–Crippen LogP) is 3.08. The van der Waals surface area contributed by atoms with Crippen molar-refractivity contribution in [3.8, 4) is 0 Å². The summed E-state index contributed by atoms with van der Waals surface area (Å²) in [4.78, 5) is 25.8. The zero-order valence-electron chi connectivity index (χ0n) is 14.1. The second kappa shape index (κ2) is 6.39. The average molecular weight is 347 g/mol. The molecule has 0 aromatic carbocycles. The molecule has 7 heteroatoms. The molecule has 2 amide bonds. The summed E-state index contributed by atoms with van der Waals surface area (Å²) < 4.78 is 5.12. The number of nitrogens with zero attached hydrogens (tertiary/aromatic N) is 1. The molecule has 2 heterocycles. The number of fused-ring (bicyclic) bond motifs is 1. The summed E-state index contributed by atoms with van der Waals surface area (Å²) in [5.74, 6) is 0.252. The van der Waals surface area contributed by atoms with Crippen LogP contribution in [0.15, 0.2) is 4.52 Å². The fraction of sp³-hybridized carbons (Fsp3) is 0.471. The summed E-state index contributed by atoms with van der Waals surface area (Å²) in [6.45, 7) is 5.81. The zero-order valence-corrected chi connectivity index (χ0v) is 14.9. The molecule has 1 atom stereocenters. The molecular weight excluding hydrogens is 326 g/mol. The summed E-state index contributed by atoms with van der Waals surface area (Å²) in [6, 6.07) is 0. The summed E-state index contributed by atoms with van der Waals surface area (Å²) in [5.41, 5.74) is 8.09. The maximum Gasteiger partial charge on any atom is 0.261 e. The van der Waals surface area contributed by atoms with Gasteiger partial charge in [0.05, 0.1) is 11.3 Å². The van der Waals surface area contributed by atoms with E-state index in [2.05, 4.69) is 17.4 Å². The number of carbonyl (C=O) groups excluding carboxylic acids is 2. The molecule has 2 aromatic rings. The molecule has 3 rings (SSSR count). The van der Waals surface area contributed by atoms with Gasteiger partial charge in [-0.25, -0.2) is 0 Å². The summed E-state index contributed by atoms with van der Waals surface area (Å²) in [7, 11) is 0. The van der Waals surface area contributed by atoms with Crippen LogP contribution in [0.2, 0.25) is 0 Å². The van der Waals surface area contributed by atoms with Gasteiger partial charge in [0, 0.05) is 4.88 Å². The van der Waals surface area contributed by atoms with Crippen molar-refractivity contribution in [3.63, 3.8) is 0 Å². The molecule has 0 bridgehead atoms. The second-order valence-electron chi connectivity index (χ2n) is 6.29. The fourth-order valence-electron chi connectivity index (χ4n) is 3.22. The van der Waals surface area contributed by atoms with E-state index in [1.165, 1.54) is 11.3 Å². The topological polar surface area (TPSA) is 98.2 Å². The number of nitrogens with two attached hydrogens (primary N) is 1. The van der Waals surface area contributed by atoms with Gasteiger partial charge in [-0.1, -0.05) is 19.0 Å². The largest absolute Gasteiger partial charge is 0.365 e. The van der Waals surface area contributed by atoms with E-state index >= 15 is 0 Å². The minimum absolute atomic E-state index is 0.306. The van der Waals surface area contributed by atoms with E-state index < -0.39 is 5.91 Å². The number of aromatic nitrogens is 1. The molecule has 0 fully saturated rings. The van der Waals surface area contributed by atoms with Gasteiger partial charge in [-0.3, -0.25) is 9.59 Å². The van der Waals surface area contributed by atoms with Crippen molar-refractivity contribution in [3.05, 3.63) is 33.0 Å². The lowest BCUT2D eigenvalue weighted by Gasteiger charge is -2.18. The summed E-state index contributed by atoms with van der Waals surface area (Å²) in [5, 5.41) is 7.30. The van der Waals surface area contributed by atoms with Gasteiger partial charge in [-0.05, 0) is 44.1 Å². The molecule has 0 spiro atoms. The highest BCUT2D eigenvalue weighted by Crippen LogP contribution is 2.39. The van der Waals surface area contributed by atoms with Crippen LogP contribution in [0.3, 0.4) is 0 Å². The highest BCUT2D eigenvalue weighted by Gasteiger charge is 2.28. The fourth-order valence-corrected chi connectivity index (χ4v) is 4.63. The Balaban J connectivity index is 1.97. The van der Waals surface area contributed by atoms with E-state index in [1.807, 2.05) is 6.92 Å². The molecule has 24 heavy (non-hydrogen) atoms. The Hall–Kier alpha value is -2.15. The highest BCUT2D eigenvalue weighted by atomic mass is 32.1. The quantitative estimate of drug-likeness (QED) is 0.888. The SMILES string of the molecule is CCc1noc(C)c1C(=O)Nc1sc2c(c1C(N)=O)CC[C@@H](C)C2. The molecule has 128 valence electrons. The van der Waals surface area contributed by atoms with Crippen LogP contribution in [0.25, 0.3) is 0 Å². The first-order valence-electron chi connectivity index (χ1n) is 8.13. The molecule has 0 unspecified atom stereocenters. The number of hydrogen-bond acceptors (Lipinski definition) is 5. The monoisotopic (exact) mass is 347 g/mol. The van der Waals surface area contributed by atoms with Crippen LogP contribution in [0.1, 0.15) is 62.9 Å². The van der Waals surface area contributed by atoms with E-state index in [0.29, 0.717) is 39.9 Å². The number of nitrogens with one attached hydrogen (secondary N) is 1. The first kappa shape index (κ1) is 16.7. The van der Waals surface area contributed by atoms with Crippen molar-refractivity contribution in [1.29, 1.82) is 0 Å². The molecule has 0 radical (unpaired) electrons. The van der Waals surface area contributed by atoms with Crippen LogP contribution in [-0.4, -0.2) is 17.0 Å². The minimum atomic E-state index is -0.491. The Labute approximate surface area is 144 Å². The van der Waals surface area contributed by atoms with Crippen molar-refractivity contribution in [2.45, 2.75) is 46.5 Å². The van der Waals surface area contributed by atoms with Crippen LogP contribution >= 0.6 is 11.3 Å². The summed E-state index contributed by atoms with van der Waals surface area (Å²) in [6.07, 6.45) is 3.37. The molecule has 2 aromatic heterocycles. The average Bonchev–Trinajstić information content (AvgIpc) is 3.06. The normalized spacial score (nSPS) is 16.7. The highest BCUT2D eigenvalue weighted by molar-refractivity contribution is 7.17. The number of carbonyl (C=O) groups is 2. The number of primary amides is 1. The van der Waals surface area contributed by atoms with Gasteiger partial charge in [-0.15, -0.1) is 11.3 Å². The maximum absolute atomic E-state index is 12.7. The van der Waals surface area contributed by atoms with Gasteiger partial charge in [0.15, 0.2) is 0 Å². The molecule has 0 saturated heterocycles. The van der Waals surface area contributed by atoms with Crippen LogP contribution in [0.5, 0.6) is 0 Å². The number of thiophene rings is 1. The van der Waals surface area contributed by atoms with E-state index in [9.17, 15) is 9.59 Å². The van der Waals surface area contributed by atoms with Gasteiger partial charge in [0.25, 0.3) is 11.8 Å². The third-order valence-electron chi connectivity index (χ3n) is 4.48. The number of amides is 2. The van der Waals surface area contributed by atoms with Gasteiger partial charge >= 0.3 is 0 Å². The van der Waals surface area contributed by atoms with Crippen LogP contribution in [0, 0.1) is 12.8 Å². The van der Waals surface area contributed by atoms with Crippen LogP contribution < -0.4 is 11.1 Å². The third-order valence-corrected chi connectivity index (χ3v) is 5.65. The maximum atomic E-state index is 12.7. The van der Waals surface area contributed by atoms with Crippen molar-refractivity contribution in [1.82, 2.24) is 5.16 Å². The van der Waals surface area contributed by atoms with Crippen LogP contribution in [0.4, 0.5) is 5.00 Å². The van der Waals surface area contributed by atoms with Crippen LogP contribution in [-0.2, 0) is 19.3 Å². The number of aryl methyl sites for hydroxylation is 2. The third kappa shape index (κ3) is 2.84. The van der Waals surface area contributed by atoms with Gasteiger partial charge < -0.3 is 15.6 Å². The zero-order chi connectivity index (χ0) is 17.4. The lowest BCUT2D eigenvalue weighted by molar-refractivity contribution is 0.1000. The van der Waals surface area contributed by atoms with Crippen molar-refractivity contribution < 1.29 is 14.1 Å². The standard InChI is InChI=1S/C17H21N3O3S/c1-4-11-13(9(3)23-20-11)16(22)19-17-14(15(18)21)10-6-5-8(2)7-12(10)24-17/h8H,4-7H2,1-3H3,(H2,18,21)(H,19,22)/t8-/m1/s1. The molecular formula is C17H21N3O3S. The van der Waals surface area contributed by atoms with E-state index in [-0.39, 0.29) is 5.91 Å². The Bertz CT molecular complexity index is 806. The molecule has 3 N–H and O–H groups in total. The predicted molar refractivity (Wildman–Crippen MR) is 92.6 cm³/mol. The van der Waals surface area contributed by atoms with Crippen molar-refractivity contribution >= 4 is 28.2 Å². The summed E-state index contributed by atoms with van der Waals surface area (Å²) >= 11 is 1.46. The second-order valence-corrected chi connectivity index (χ2v) is 7.39. The Morgan fingerprint density at radius 3 is 2.83 bits per heavy atom. The first-order valence-corrected chi connectivity index (χ1v) is 8.94. The molecule has 0 aliphatic heterocycles. The van der Waals surface area contributed by atoms with E-state index in [4.69, 9.17) is 10.3 Å². The first-order chi connectivity index (χ1) is 11.4. The van der Waals surface area contributed by atoms with Gasteiger partial charge in [0.2, 0.25) is 0 Å². The lowest BCUT2D eigenvalue weighted by atomic mass is 9.88. The number of hydrogen-bond donors (Lipinski definition) is 2. The van der Waals surface area contributed by atoms with E-state index in [0.717, 1.165) is 29.7 Å². The van der Waals surface area contributed by atoms with Gasteiger partial charge in [0.1, 0.15) is 16.3 Å².